The Morgan fingerprint density at radius 3 is 2.71 bits per heavy atom. The van der Waals surface area contributed by atoms with Crippen molar-refractivity contribution >= 4 is 12.5 Å². The second-order valence-electron chi connectivity index (χ2n) is 2.51. The second kappa shape index (κ2) is 5.11. The molecule has 4 heteroatoms. The Labute approximate surface area is 79.8 Å². The lowest BCUT2D eigenvalue weighted by Crippen LogP contribution is -1.86. The van der Waals surface area contributed by atoms with Crippen LogP contribution in [-0.4, -0.2) is 13.1 Å². The Bertz CT molecular complexity index is 348. The molecular weight excluding hydrogens is 190 g/mol. The van der Waals surface area contributed by atoms with Crippen LogP contribution in [0.1, 0.15) is 5.56 Å². The third-order valence-corrected chi connectivity index (χ3v) is 1.51. The lowest BCUT2D eigenvalue weighted by atomic mass is 10.2. The number of hydrogen-bond donors (Lipinski definition) is 0. The molecule has 0 aromatic heterocycles. The smallest absolute Gasteiger partial charge is 0.293 e. The van der Waals surface area contributed by atoms with Gasteiger partial charge in [0.15, 0.2) is 11.6 Å². The number of benzene rings is 1. The molecule has 0 saturated heterocycles. The van der Waals surface area contributed by atoms with Crippen LogP contribution < -0.4 is 0 Å². The van der Waals surface area contributed by atoms with Gasteiger partial charge in [0, 0.05) is 0 Å². The van der Waals surface area contributed by atoms with Crippen molar-refractivity contribution < 1.29 is 18.3 Å². The molecule has 74 valence electrons. The van der Waals surface area contributed by atoms with E-state index in [9.17, 15) is 13.6 Å². The molecule has 0 saturated carbocycles. The average molecular weight is 198 g/mol. The number of hydrogen-bond acceptors (Lipinski definition) is 2. The van der Waals surface area contributed by atoms with Crippen LogP contribution in [0.2, 0.25) is 0 Å². The van der Waals surface area contributed by atoms with E-state index in [1.54, 1.807) is 0 Å². The summed E-state index contributed by atoms with van der Waals surface area (Å²) in [6, 6.07) is 3.53. The monoisotopic (exact) mass is 198 g/mol. The van der Waals surface area contributed by atoms with Gasteiger partial charge in [0.05, 0.1) is 0 Å². The van der Waals surface area contributed by atoms with Crippen LogP contribution in [0.3, 0.4) is 0 Å². The minimum absolute atomic E-state index is 0.114. The molecule has 0 aliphatic carbocycles. The van der Waals surface area contributed by atoms with E-state index in [-0.39, 0.29) is 6.61 Å². The van der Waals surface area contributed by atoms with Gasteiger partial charge in [-0.15, -0.1) is 0 Å². The lowest BCUT2D eigenvalue weighted by Gasteiger charge is -1.95. The van der Waals surface area contributed by atoms with Gasteiger partial charge < -0.3 is 4.74 Å². The molecule has 0 N–H and O–H groups in total. The third kappa shape index (κ3) is 2.97. The zero-order valence-corrected chi connectivity index (χ0v) is 7.24. The Kier molecular flexibility index (Phi) is 3.79. The fraction of sp³-hybridized carbons (Fsp3) is 0.100. The van der Waals surface area contributed by atoms with Crippen molar-refractivity contribution in [3.8, 4) is 0 Å². The molecule has 0 unspecified atom stereocenters. The molecule has 1 rings (SSSR count). The van der Waals surface area contributed by atoms with Gasteiger partial charge in [-0.2, -0.15) is 0 Å². The molecule has 0 aliphatic rings. The van der Waals surface area contributed by atoms with Crippen LogP contribution in [0.5, 0.6) is 0 Å². The summed E-state index contributed by atoms with van der Waals surface area (Å²) in [7, 11) is 0. The van der Waals surface area contributed by atoms with E-state index >= 15 is 0 Å². The van der Waals surface area contributed by atoms with Gasteiger partial charge in [-0.25, -0.2) is 8.78 Å². The van der Waals surface area contributed by atoms with Crippen LogP contribution in [-0.2, 0) is 9.53 Å². The van der Waals surface area contributed by atoms with Crippen molar-refractivity contribution in [1.29, 1.82) is 0 Å². The van der Waals surface area contributed by atoms with Crippen LogP contribution in [0.25, 0.3) is 6.08 Å². The standard InChI is InChI=1S/C10H8F2O2/c11-9-4-3-8(6-10(9)12)2-1-5-14-7-13/h1-4,6-7H,5H2/b2-1+. The molecule has 1 aromatic carbocycles. The summed E-state index contributed by atoms with van der Waals surface area (Å²) in [5, 5.41) is 0. The normalized spacial score (nSPS) is 10.4. The van der Waals surface area contributed by atoms with Crippen LogP contribution >= 0.6 is 0 Å². The number of ether oxygens (including phenoxy) is 1. The van der Waals surface area contributed by atoms with Gasteiger partial charge in [0.2, 0.25) is 0 Å². The van der Waals surface area contributed by atoms with Crippen molar-refractivity contribution in [1.82, 2.24) is 0 Å². The van der Waals surface area contributed by atoms with Crippen LogP contribution in [0, 0.1) is 11.6 Å². The van der Waals surface area contributed by atoms with Gasteiger partial charge in [0.1, 0.15) is 6.61 Å². The first-order valence-corrected chi connectivity index (χ1v) is 3.91. The highest BCUT2D eigenvalue weighted by Gasteiger charge is 1.99. The van der Waals surface area contributed by atoms with Gasteiger partial charge in [-0.05, 0) is 23.8 Å². The summed E-state index contributed by atoms with van der Waals surface area (Å²) in [6.07, 6.45) is 3.06. The minimum Gasteiger partial charge on any atom is -0.464 e. The molecule has 0 atom stereocenters. The fourth-order valence-corrected chi connectivity index (χ4v) is 0.895. The molecule has 0 heterocycles. The summed E-state index contributed by atoms with van der Waals surface area (Å²) in [5.74, 6) is -1.78. The zero-order chi connectivity index (χ0) is 10.4. The summed E-state index contributed by atoms with van der Waals surface area (Å²) in [4.78, 5) is 9.75. The Hall–Kier alpha value is -1.71. The molecule has 0 spiro atoms. The first kappa shape index (κ1) is 10.4. The number of rotatable bonds is 4. The summed E-state index contributed by atoms with van der Waals surface area (Å²) in [6.45, 7) is 0.429. The number of carbonyl (C=O) groups is 1. The van der Waals surface area contributed by atoms with Crippen molar-refractivity contribution in [2.45, 2.75) is 0 Å². The molecule has 1 aromatic rings. The molecule has 2 nitrogen and oxygen atoms in total. The maximum absolute atomic E-state index is 12.7. The highest BCUT2D eigenvalue weighted by molar-refractivity contribution is 5.49. The van der Waals surface area contributed by atoms with Crippen molar-refractivity contribution in [3.63, 3.8) is 0 Å². The first-order valence-electron chi connectivity index (χ1n) is 3.91. The van der Waals surface area contributed by atoms with E-state index in [0.29, 0.717) is 12.0 Å². The summed E-state index contributed by atoms with van der Waals surface area (Å²) in [5.41, 5.74) is 0.512. The van der Waals surface area contributed by atoms with E-state index in [1.165, 1.54) is 18.2 Å². The van der Waals surface area contributed by atoms with Gasteiger partial charge >= 0.3 is 0 Å². The predicted octanol–water partition coefficient (Wildman–Crippen LogP) is 2.15. The van der Waals surface area contributed by atoms with E-state index in [2.05, 4.69) is 4.74 Å². The Morgan fingerprint density at radius 2 is 2.07 bits per heavy atom. The third-order valence-electron chi connectivity index (χ3n) is 1.51. The molecule has 0 fully saturated rings. The maximum Gasteiger partial charge on any atom is 0.293 e. The van der Waals surface area contributed by atoms with Crippen molar-refractivity contribution in [2.24, 2.45) is 0 Å². The molecule has 0 radical (unpaired) electrons. The second-order valence-corrected chi connectivity index (χ2v) is 2.51. The van der Waals surface area contributed by atoms with Gasteiger partial charge in [-0.3, -0.25) is 4.79 Å². The van der Waals surface area contributed by atoms with Crippen LogP contribution in [0.4, 0.5) is 8.78 Å². The first-order chi connectivity index (χ1) is 6.74. The predicted molar refractivity (Wildman–Crippen MR) is 47.4 cm³/mol. The van der Waals surface area contributed by atoms with E-state index in [0.717, 1.165) is 12.1 Å². The fourth-order valence-electron chi connectivity index (χ4n) is 0.895. The van der Waals surface area contributed by atoms with Gasteiger partial charge in [-0.1, -0.05) is 12.1 Å². The van der Waals surface area contributed by atoms with Crippen molar-refractivity contribution in [2.75, 3.05) is 6.61 Å². The topological polar surface area (TPSA) is 26.3 Å². The molecule has 0 amide bonds. The maximum atomic E-state index is 12.7. The highest BCUT2D eigenvalue weighted by Crippen LogP contribution is 2.09. The number of carbonyl (C=O) groups excluding carboxylic acids is 1. The average Bonchev–Trinajstić information content (AvgIpc) is 2.18. The van der Waals surface area contributed by atoms with E-state index in [4.69, 9.17) is 0 Å². The summed E-state index contributed by atoms with van der Waals surface area (Å²) >= 11 is 0. The minimum atomic E-state index is -0.900. The van der Waals surface area contributed by atoms with Gasteiger partial charge in [0.25, 0.3) is 6.47 Å². The lowest BCUT2D eigenvalue weighted by molar-refractivity contribution is -0.127. The van der Waals surface area contributed by atoms with E-state index < -0.39 is 11.6 Å². The molecule has 0 bridgehead atoms. The molecule has 0 aliphatic heterocycles. The Morgan fingerprint density at radius 1 is 1.29 bits per heavy atom. The quantitative estimate of drug-likeness (QED) is 0.547. The number of halogens is 2. The largest absolute Gasteiger partial charge is 0.464 e. The van der Waals surface area contributed by atoms with Crippen molar-refractivity contribution in [3.05, 3.63) is 41.5 Å². The SMILES string of the molecule is O=COC/C=C/c1ccc(F)c(F)c1. The highest BCUT2D eigenvalue weighted by atomic mass is 19.2. The van der Waals surface area contributed by atoms with E-state index in [1.807, 2.05) is 0 Å². The van der Waals surface area contributed by atoms with Crippen LogP contribution in [0.15, 0.2) is 24.3 Å². The zero-order valence-electron chi connectivity index (χ0n) is 7.24. The Balaban J connectivity index is 2.63. The molecule has 14 heavy (non-hydrogen) atoms. The summed E-state index contributed by atoms with van der Waals surface area (Å²) < 4.78 is 29.5. The molecular formula is C10H8F2O2.